The number of nitriles is 1. The SMILES string of the molecule is COc1ccc(C2=C3N=C4CCCC4=C(O)N3C(C#N)C2C)c(Cl)c1. The van der Waals surface area contributed by atoms with Gasteiger partial charge in [-0.1, -0.05) is 18.5 Å². The van der Waals surface area contributed by atoms with Gasteiger partial charge < -0.3 is 9.84 Å². The van der Waals surface area contributed by atoms with Crippen LogP contribution in [0.1, 0.15) is 31.7 Å². The molecule has 1 fully saturated rings. The van der Waals surface area contributed by atoms with Crippen LogP contribution in [-0.4, -0.2) is 28.9 Å². The molecule has 0 radical (unpaired) electrons. The van der Waals surface area contributed by atoms with Crippen LogP contribution in [0.3, 0.4) is 0 Å². The third-order valence-electron chi connectivity index (χ3n) is 5.20. The Morgan fingerprint density at radius 3 is 2.88 bits per heavy atom. The van der Waals surface area contributed by atoms with Gasteiger partial charge in [-0.15, -0.1) is 0 Å². The molecule has 1 aliphatic carbocycles. The predicted molar refractivity (Wildman–Crippen MR) is 96.3 cm³/mol. The second-order valence-corrected chi connectivity index (χ2v) is 6.94. The fourth-order valence-corrected chi connectivity index (χ4v) is 4.21. The van der Waals surface area contributed by atoms with E-state index in [-0.39, 0.29) is 11.8 Å². The largest absolute Gasteiger partial charge is 0.497 e. The van der Waals surface area contributed by atoms with Crippen molar-refractivity contribution >= 4 is 22.9 Å². The fraction of sp³-hybridized carbons (Fsp3) is 0.368. The highest BCUT2D eigenvalue weighted by atomic mass is 35.5. The van der Waals surface area contributed by atoms with E-state index in [1.54, 1.807) is 18.1 Å². The normalized spacial score (nSPS) is 24.9. The lowest BCUT2D eigenvalue weighted by Crippen LogP contribution is -2.34. The van der Waals surface area contributed by atoms with Gasteiger partial charge in [0.05, 0.1) is 23.9 Å². The van der Waals surface area contributed by atoms with E-state index < -0.39 is 6.04 Å². The molecular formula is C19H18ClN3O2. The van der Waals surface area contributed by atoms with Gasteiger partial charge in [0.2, 0.25) is 0 Å². The third-order valence-corrected chi connectivity index (χ3v) is 5.52. The van der Waals surface area contributed by atoms with Crippen LogP contribution < -0.4 is 4.74 Å². The molecule has 4 rings (SSSR count). The Labute approximate surface area is 151 Å². The minimum Gasteiger partial charge on any atom is -0.497 e. The molecule has 5 nitrogen and oxygen atoms in total. The lowest BCUT2D eigenvalue weighted by molar-refractivity contribution is 0.208. The monoisotopic (exact) mass is 355 g/mol. The molecule has 2 heterocycles. The Hall–Kier alpha value is -2.45. The van der Waals surface area contributed by atoms with Crippen molar-refractivity contribution in [3.05, 3.63) is 46.1 Å². The zero-order valence-electron chi connectivity index (χ0n) is 14.1. The van der Waals surface area contributed by atoms with Crippen molar-refractivity contribution in [3.63, 3.8) is 0 Å². The zero-order chi connectivity index (χ0) is 17.7. The first kappa shape index (κ1) is 16.0. The number of ether oxygens (including phenoxy) is 1. The summed E-state index contributed by atoms with van der Waals surface area (Å²) in [5.74, 6) is 1.37. The van der Waals surface area contributed by atoms with Gasteiger partial charge in [-0.2, -0.15) is 5.26 Å². The maximum Gasteiger partial charge on any atom is 0.198 e. The predicted octanol–water partition coefficient (Wildman–Crippen LogP) is 4.27. The first-order valence-electron chi connectivity index (χ1n) is 8.33. The molecule has 0 spiro atoms. The van der Waals surface area contributed by atoms with E-state index in [0.29, 0.717) is 16.6 Å². The van der Waals surface area contributed by atoms with Crippen LogP contribution in [0.2, 0.25) is 5.02 Å². The summed E-state index contributed by atoms with van der Waals surface area (Å²) in [6, 6.07) is 7.31. The second kappa shape index (κ2) is 5.82. The van der Waals surface area contributed by atoms with E-state index in [1.165, 1.54) is 0 Å². The summed E-state index contributed by atoms with van der Waals surface area (Å²) in [7, 11) is 1.59. The average molecular weight is 356 g/mol. The number of nitrogens with zero attached hydrogens (tertiary/aromatic N) is 3. The molecule has 2 unspecified atom stereocenters. The number of aliphatic imine (C=N–C) groups is 1. The van der Waals surface area contributed by atoms with Crippen molar-refractivity contribution in [3.8, 4) is 11.8 Å². The molecule has 25 heavy (non-hydrogen) atoms. The van der Waals surface area contributed by atoms with Crippen LogP contribution in [0, 0.1) is 17.2 Å². The van der Waals surface area contributed by atoms with Crippen molar-refractivity contribution in [1.82, 2.24) is 4.90 Å². The van der Waals surface area contributed by atoms with E-state index in [9.17, 15) is 10.4 Å². The van der Waals surface area contributed by atoms with E-state index >= 15 is 0 Å². The van der Waals surface area contributed by atoms with Crippen molar-refractivity contribution in [2.75, 3.05) is 7.11 Å². The number of aliphatic hydroxyl groups excluding tert-OH is 1. The summed E-state index contributed by atoms with van der Waals surface area (Å²) in [5, 5.41) is 21.0. The molecule has 1 aromatic rings. The van der Waals surface area contributed by atoms with Gasteiger partial charge in [0.15, 0.2) is 5.88 Å². The molecule has 0 saturated heterocycles. The van der Waals surface area contributed by atoms with Crippen LogP contribution in [0.4, 0.5) is 0 Å². The minimum absolute atomic E-state index is 0.128. The van der Waals surface area contributed by atoms with Crippen molar-refractivity contribution in [2.45, 2.75) is 32.2 Å². The number of methoxy groups -OCH3 is 1. The number of allylic oxidation sites excluding steroid dienone is 1. The Balaban J connectivity index is 1.92. The maximum absolute atomic E-state index is 10.8. The molecule has 1 N–H and O–H groups in total. The molecule has 1 saturated carbocycles. The summed E-state index contributed by atoms with van der Waals surface area (Å²) < 4.78 is 5.22. The summed E-state index contributed by atoms with van der Waals surface area (Å²) in [5.41, 5.74) is 3.52. The Morgan fingerprint density at radius 1 is 1.40 bits per heavy atom. The number of benzene rings is 1. The van der Waals surface area contributed by atoms with E-state index in [1.807, 2.05) is 19.1 Å². The van der Waals surface area contributed by atoms with E-state index in [0.717, 1.165) is 41.7 Å². The molecule has 2 atom stereocenters. The van der Waals surface area contributed by atoms with Crippen LogP contribution in [-0.2, 0) is 0 Å². The quantitative estimate of drug-likeness (QED) is 0.860. The van der Waals surface area contributed by atoms with Crippen molar-refractivity contribution in [1.29, 1.82) is 5.26 Å². The van der Waals surface area contributed by atoms with E-state index in [2.05, 4.69) is 6.07 Å². The first-order valence-corrected chi connectivity index (χ1v) is 8.71. The van der Waals surface area contributed by atoms with Gasteiger partial charge in [-0.25, -0.2) is 4.99 Å². The van der Waals surface area contributed by atoms with Gasteiger partial charge in [-0.3, -0.25) is 4.90 Å². The summed E-state index contributed by atoms with van der Waals surface area (Å²) in [6.07, 6.45) is 2.64. The van der Waals surface area contributed by atoms with Crippen LogP contribution in [0.5, 0.6) is 5.75 Å². The smallest absolute Gasteiger partial charge is 0.198 e. The molecule has 1 aromatic carbocycles. The number of fused-ring (bicyclic) bond motifs is 2. The molecule has 6 heteroatoms. The first-order chi connectivity index (χ1) is 12.1. The molecule has 0 bridgehead atoms. The summed E-state index contributed by atoms with van der Waals surface area (Å²) >= 11 is 6.48. The summed E-state index contributed by atoms with van der Waals surface area (Å²) in [4.78, 5) is 6.48. The maximum atomic E-state index is 10.8. The van der Waals surface area contributed by atoms with Gasteiger partial charge >= 0.3 is 0 Å². The van der Waals surface area contributed by atoms with Gasteiger partial charge in [0.1, 0.15) is 17.6 Å². The topological polar surface area (TPSA) is 68.8 Å². The standard InChI is InChI=1S/C19H18ClN3O2/c1-10-16(9-21)23-18(22-15-5-3-4-13(15)19(23)24)17(10)12-7-6-11(25-2)8-14(12)20/h6-8,10,16,24H,3-5H2,1-2H3. The van der Waals surface area contributed by atoms with Gasteiger partial charge in [-0.05, 0) is 37.5 Å². The summed E-state index contributed by atoms with van der Waals surface area (Å²) in [6.45, 7) is 1.98. The highest BCUT2D eigenvalue weighted by Gasteiger charge is 2.45. The molecule has 3 aliphatic rings. The highest BCUT2D eigenvalue weighted by molar-refractivity contribution is 6.32. The number of hydrogen-bond acceptors (Lipinski definition) is 5. The second-order valence-electron chi connectivity index (χ2n) is 6.53. The Kier molecular flexibility index (Phi) is 3.73. The van der Waals surface area contributed by atoms with Crippen LogP contribution in [0.25, 0.3) is 5.57 Å². The molecule has 0 amide bonds. The number of rotatable bonds is 2. The molecule has 0 aromatic heterocycles. The third kappa shape index (κ3) is 2.25. The molecule has 2 aliphatic heterocycles. The fourth-order valence-electron chi connectivity index (χ4n) is 3.93. The lowest BCUT2D eigenvalue weighted by Gasteiger charge is -2.28. The van der Waals surface area contributed by atoms with Gasteiger partial charge in [0.25, 0.3) is 0 Å². The average Bonchev–Trinajstić information content (AvgIpc) is 3.18. The molecule has 128 valence electrons. The van der Waals surface area contributed by atoms with Crippen molar-refractivity contribution < 1.29 is 9.84 Å². The number of halogens is 1. The van der Waals surface area contributed by atoms with Gasteiger partial charge in [0, 0.05) is 22.6 Å². The van der Waals surface area contributed by atoms with Crippen molar-refractivity contribution in [2.24, 2.45) is 10.9 Å². The zero-order valence-corrected chi connectivity index (χ0v) is 14.8. The Bertz CT molecular complexity index is 894. The number of hydrogen-bond donors (Lipinski definition) is 1. The minimum atomic E-state index is -0.499. The number of aliphatic hydroxyl groups is 1. The highest BCUT2D eigenvalue weighted by Crippen LogP contribution is 2.48. The van der Waals surface area contributed by atoms with E-state index in [4.69, 9.17) is 21.3 Å². The molecular weight excluding hydrogens is 338 g/mol. The lowest BCUT2D eigenvalue weighted by atomic mass is 9.92. The van der Waals surface area contributed by atoms with Crippen LogP contribution in [0.15, 0.2) is 40.5 Å². The van der Waals surface area contributed by atoms with Crippen LogP contribution >= 0.6 is 11.6 Å². The Morgan fingerprint density at radius 2 is 2.20 bits per heavy atom.